The van der Waals surface area contributed by atoms with Gasteiger partial charge in [-0.1, -0.05) is 18.5 Å². The van der Waals surface area contributed by atoms with Crippen molar-refractivity contribution in [3.63, 3.8) is 0 Å². The molecule has 160 valence electrons. The molecule has 1 aliphatic rings. The van der Waals surface area contributed by atoms with Crippen LogP contribution < -0.4 is 10.5 Å². The maximum Gasteiger partial charge on any atom is 0.258 e. The number of hydrogen-bond acceptors (Lipinski definition) is 5. The summed E-state index contributed by atoms with van der Waals surface area (Å²) in [5, 5.41) is 0.531. The number of anilines is 1. The van der Waals surface area contributed by atoms with Crippen molar-refractivity contribution in [1.29, 1.82) is 0 Å². The van der Waals surface area contributed by atoms with Crippen LogP contribution in [0.15, 0.2) is 47.7 Å². The van der Waals surface area contributed by atoms with Gasteiger partial charge in [0.2, 0.25) is 0 Å². The number of aromatic nitrogens is 4. The highest BCUT2D eigenvalue weighted by molar-refractivity contribution is 6.33. The third kappa shape index (κ3) is 3.58. The Labute approximate surface area is 185 Å². The molecule has 1 aliphatic heterocycles. The zero-order chi connectivity index (χ0) is 21.7. The van der Waals surface area contributed by atoms with E-state index in [-0.39, 0.29) is 5.56 Å². The first-order chi connectivity index (χ1) is 14.9. The summed E-state index contributed by atoms with van der Waals surface area (Å²) in [6, 6.07) is 7.83. The Bertz CT molecular complexity index is 1340. The van der Waals surface area contributed by atoms with Crippen LogP contribution in [0.1, 0.15) is 19.5 Å². The van der Waals surface area contributed by atoms with Crippen LogP contribution in [-0.4, -0.2) is 55.9 Å². The molecule has 1 fully saturated rings. The lowest BCUT2D eigenvalue weighted by atomic mass is 10.1. The van der Waals surface area contributed by atoms with Gasteiger partial charge in [0, 0.05) is 55.9 Å². The van der Waals surface area contributed by atoms with Crippen molar-refractivity contribution in [2.75, 3.05) is 31.1 Å². The fourth-order valence-electron chi connectivity index (χ4n) is 4.45. The monoisotopic (exact) mass is 436 g/mol. The highest BCUT2D eigenvalue weighted by atomic mass is 35.5. The van der Waals surface area contributed by atoms with E-state index in [1.165, 1.54) is 0 Å². The molecule has 7 nitrogen and oxygen atoms in total. The number of nitrogens with zero attached hydrogens (tertiary/aromatic N) is 6. The van der Waals surface area contributed by atoms with Gasteiger partial charge in [0.25, 0.3) is 5.56 Å². The maximum absolute atomic E-state index is 13.0. The van der Waals surface area contributed by atoms with Gasteiger partial charge in [0.15, 0.2) is 5.65 Å². The lowest BCUT2D eigenvalue weighted by Crippen LogP contribution is -2.51. The van der Waals surface area contributed by atoms with Crippen molar-refractivity contribution in [3.8, 4) is 11.3 Å². The molecule has 8 heteroatoms. The third-order valence-corrected chi connectivity index (χ3v) is 6.38. The van der Waals surface area contributed by atoms with Crippen LogP contribution in [-0.2, 0) is 0 Å². The van der Waals surface area contributed by atoms with E-state index in [4.69, 9.17) is 16.6 Å². The van der Waals surface area contributed by atoms with Crippen molar-refractivity contribution in [2.45, 2.75) is 26.8 Å². The van der Waals surface area contributed by atoms with Gasteiger partial charge in [0.05, 0.1) is 22.1 Å². The predicted molar refractivity (Wildman–Crippen MR) is 124 cm³/mol. The van der Waals surface area contributed by atoms with Gasteiger partial charge < -0.3 is 9.30 Å². The van der Waals surface area contributed by atoms with Crippen LogP contribution in [0.2, 0.25) is 5.02 Å². The van der Waals surface area contributed by atoms with Gasteiger partial charge in [-0.05, 0) is 38.6 Å². The smallest absolute Gasteiger partial charge is 0.258 e. The zero-order valence-corrected chi connectivity index (χ0v) is 18.7. The molecular weight excluding hydrogens is 412 g/mol. The largest absolute Gasteiger partial charge is 0.367 e. The Morgan fingerprint density at radius 2 is 1.97 bits per heavy atom. The van der Waals surface area contributed by atoms with Crippen molar-refractivity contribution < 1.29 is 0 Å². The molecule has 5 heterocycles. The van der Waals surface area contributed by atoms with Crippen LogP contribution >= 0.6 is 11.6 Å². The zero-order valence-electron chi connectivity index (χ0n) is 17.9. The van der Waals surface area contributed by atoms with Gasteiger partial charge in [-0.3, -0.25) is 14.1 Å². The summed E-state index contributed by atoms with van der Waals surface area (Å²) in [4.78, 5) is 26.9. The molecule has 0 saturated carbocycles. The van der Waals surface area contributed by atoms with E-state index in [2.05, 4.69) is 34.7 Å². The molecule has 5 rings (SSSR count). The fraction of sp³-hybridized carbons (Fsp3) is 0.348. The molecule has 0 aliphatic carbocycles. The summed E-state index contributed by atoms with van der Waals surface area (Å²) in [7, 11) is 0. The minimum absolute atomic E-state index is 0.111. The molecular formula is C23H25ClN6O. The minimum Gasteiger partial charge on any atom is -0.367 e. The first-order valence-corrected chi connectivity index (χ1v) is 11.0. The molecule has 31 heavy (non-hydrogen) atoms. The highest BCUT2D eigenvalue weighted by Gasteiger charge is 2.23. The number of fused-ring (bicyclic) bond motifs is 2. The lowest BCUT2D eigenvalue weighted by molar-refractivity contribution is 0.199. The van der Waals surface area contributed by atoms with Gasteiger partial charge in [-0.25, -0.2) is 9.97 Å². The summed E-state index contributed by atoms with van der Waals surface area (Å²) >= 11 is 6.42. The Morgan fingerprint density at radius 1 is 1.13 bits per heavy atom. The summed E-state index contributed by atoms with van der Waals surface area (Å²) in [5.41, 5.74) is 4.51. The van der Waals surface area contributed by atoms with E-state index >= 15 is 0 Å². The van der Waals surface area contributed by atoms with Crippen molar-refractivity contribution in [2.24, 2.45) is 0 Å². The first kappa shape index (κ1) is 20.0. The first-order valence-electron chi connectivity index (χ1n) is 10.6. The summed E-state index contributed by atoms with van der Waals surface area (Å²) in [6.07, 6.45) is 5.71. The molecule has 4 aromatic heterocycles. The average Bonchev–Trinajstić information content (AvgIpc) is 3.14. The average molecular weight is 437 g/mol. The van der Waals surface area contributed by atoms with Crippen LogP contribution in [0, 0.1) is 6.92 Å². The quantitative estimate of drug-likeness (QED) is 0.492. The molecule has 0 N–H and O–H groups in total. The summed E-state index contributed by atoms with van der Waals surface area (Å²) in [6.45, 7) is 10.4. The van der Waals surface area contributed by atoms with Gasteiger partial charge in [-0.15, -0.1) is 0 Å². The normalized spacial score (nSPS) is 17.7. The Hall–Kier alpha value is -2.90. The SMILES string of the molecule is CCN1CCN(c2ccc3nc(-c4cc(Cl)c5nc(C)cn5c4)cc(=O)n3c2)C[C@@H]1C. The predicted octanol–water partition coefficient (Wildman–Crippen LogP) is 3.50. The van der Waals surface area contributed by atoms with Crippen LogP contribution in [0.4, 0.5) is 5.69 Å². The highest BCUT2D eigenvalue weighted by Crippen LogP contribution is 2.25. The molecule has 0 aromatic carbocycles. The number of imidazole rings is 1. The molecule has 0 spiro atoms. The van der Waals surface area contributed by atoms with E-state index in [0.717, 1.165) is 43.1 Å². The second-order valence-electron chi connectivity index (χ2n) is 8.21. The molecule has 1 saturated heterocycles. The molecule has 0 unspecified atom stereocenters. The van der Waals surface area contributed by atoms with Crippen LogP contribution in [0.5, 0.6) is 0 Å². The number of aryl methyl sites for hydroxylation is 1. The number of likely N-dealkylation sites (N-methyl/N-ethyl adjacent to an activating group) is 1. The molecule has 4 aromatic rings. The topological polar surface area (TPSA) is 58.2 Å². The van der Waals surface area contributed by atoms with E-state index < -0.39 is 0 Å². The molecule has 0 radical (unpaired) electrons. The second kappa shape index (κ2) is 7.66. The van der Waals surface area contributed by atoms with E-state index in [1.807, 2.05) is 42.0 Å². The second-order valence-corrected chi connectivity index (χ2v) is 8.62. The van der Waals surface area contributed by atoms with Crippen LogP contribution in [0.3, 0.4) is 0 Å². The van der Waals surface area contributed by atoms with E-state index in [1.54, 1.807) is 10.5 Å². The third-order valence-electron chi connectivity index (χ3n) is 6.10. The molecule has 1 atom stereocenters. The van der Waals surface area contributed by atoms with E-state index in [9.17, 15) is 4.79 Å². The van der Waals surface area contributed by atoms with Crippen LogP contribution in [0.25, 0.3) is 22.6 Å². The maximum atomic E-state index is 13.0. The lowest BCUT2D eigenvalue weighted by Gasteiger charge is -2.40. The minimum atomic E-state index is -0.111. The number of piperazine rings is 1. The number of halogens is 1. The van der Waals surface area contributed by atoms with Crippen molar-refractivity contribution in [3.05, 3.63) is 63.9 Å². The fourth-order valence-corrected chi connectivity index (χ4v) is 4.70. The molecule has 0 bridgehead atoms. The Kier molecular flexibility index (Phi) is 4.95. The summed E-state index contributed by atoms with van der Waals surface area (Å²) in [5.74, 6) is 0. The number of rotatable bonds is 3. The Balaban J connectivity index is 1.52. The van der Waals surface area contributed by atoms with Gasteiger partial charge >= 0.3 is 0 Å². The Morgan fingerprint density at radius 3 is 2.74 bits per heavy atom. The summed E-state index contributed by atoms with van der Waals surface area (Å²) < 4.78 is 3.49. The van der Waals surface area contributed by atoms with E-state index in [0.29, 0.717) is 28.1 Å². The number of pyridine rings is 2. The van der Waals surface area contributed by atoms with Crippen molar-refractivity contribution in [1.82, 2.24) is 23.7 Å². The van der Waals surface area contributed by atoms with Gasteiger partial charge in [-0.2, -0.15) is 0 Å². The van der Waals surface area contributed by atoms with Crippen molar-refractivity contribution >= 4 is 28.6 Å². The number of hydrogen-bond donors (Lipinski definition) is 0. The standard InChI is InChI=1S/C23H25ClN6O/c1-4-27-7-8-28(12-16(27)3)18-5-6-21-26-20(10-22(31)30(21)14-18)17-9-19(24)23-25-15(2)11-29(23)13-17/h5-6,9-11,13-14,16H,4,7-8,12H2,1-3H3/t16-/m0/s1. The van der Waals surface area contributed by atoms with Gasteiger partial charge in [0.1, 0.15) is 5.65 Å². The molecule has 0 amide bonds.